The van der Waals surface area contributed by atoms with E-state index < -0.39 is 23.8 Å². The predicted octanol–water partition coefficient (Wildman–Crippen LogP) is 3.96. The van der Waals surface area contributed by atoms with Gasteiger partial charge in [-0.3, -0.25) is 19.3 Å². The van der Waals surface area contributed by atoms with E-state index in [-0.39, 0.29) is 13.0 Å². The normalized spacial score (nSPS) is 13.9. The molecule has 4 aromatic rings. The zero-order valence-corrected chi connectivity index (χ0v) is 17.2. The molecule has 6 heteroatoms. The first-order valence-corrected chi connectivity index (χ1v) is 10.4. The van der Waals surface area contributed by atoms with Gasteiger partial charge in [-0.1, -0.05) is 60.7 Å². The summed E-state index contributed by atoms with van der Waals surface area (Å²) in [6, 6.07) is 24.5. The van der Waals surface area contributed by atoms with Crippen molar-refractivity contribution < 1.29 is 18.8 Å². The van der Waals surface area contributed by atoms with E-state index in [1.54, 1.807) is 24.3 Å². The Hall–Kier alpha value is -4.19. The molecule has 32 heavy (non-hydrogen) atoms. The van der Waals surface area contributed by atoms with Crippen molar-refractivity contribution in [3.05, 3.63) is 107 Å². The van der Waals surface area contributed by atoms with Gasteiger partial charge in [-0.15, -0.1) is 0 Å². The number of para-hydroxylation sites is 1. The molecule has 0 bridgehead atoms. The molecule has 158 valence electrons. The molecule has 1 aliphatic heterocycles. The molecule has 1 aliphatic rings. The maximum Gasteiger partial charge on any atom is 0.262 e. The minimum atomic E-state index is -0.978. The third-order valence-electron chi connectivity index (χ3n) is 5.63. The quantitative estimate of drug-likeness (QED) is 0.475. The molecule has 6 nitrogen and oxygen atoms in total. The first kappa shape index (κ1) is 19.8. The second kappa shape index (κ2) is 8.15. The summed E-state index contributed by atoms with van der Waals surface area (Å²) >= 11 is 0. The van der Waals surface area contributed by atoms with E-state index >= 15 is 0 Å². The number of furan rings is 1. The van der Waals surface area contributed by atoms with E-state index in [1.807, 2.05) is 60.7 Å². The fourth-order valence-electron chi connectivity index (χ4n) is 4.05. The Labute approximate surface area is 184 Å². The van der Waals surface area contributed by atoms with E-state index in [1.165, 1.54) is 0 Å². The van der Waals surface area contributed by atoms with Crippen molar-refractivity contribution in [1.82, 2.24) is 10.2 Å². The van der Waals surface area contributed by atoms with Crippen LogP contribution < -0.4 is 5.32 Å². The molecule has 5 rings (SSSR count). The Morgan fingerprint density at radius 3 is 2.16 bits per heavy atom. The standard InChI is InChI=1S/C26H20N2O4/c29-24(27-16-19-15-18-10-4-7-13-23(18)32-19)22(14-17-8-2-1-3-9-17)28-25(30)20-11-5-6-12-21(20)26(28)31/h1-13,15,22H,14,16H2,(H,27,29). The summed E-state index contributed by atoms with van der Waals surface area (Å²) in [6.45, 7) is 0.155. The second-order valence-corrected chi connectivity index (χ2v) is 7.70. The number of imide groups is 1. The Bertz CT molecular complexity index is 1260. The van der Waals surface area contributed by atoms with Crippen LogP contribution in [0.5, 0.6) is 0 Å². The minimum Gasteiger partial charge on any atom is -0.459 e. The van der Waals surface area contributed by atoms with Crippen molar-refractivity contribution in [2.75, 3.05) is 0 Å². The van der Waals surface area contributed by atoms with Gasteiger partial charge in [-0.05, 0) is 29.8 Å². The number of carbonyl (C=O) groups is 3. The van der Waals surface area contributed by atoms with Crippen LogP contribution in [-0.4, -0.2) is 28.7 Å². The van der Waals surface area contributed by atoms with Gasteiger partial charge in [-0.2, -0.15) is 0 Å². The van der Waals surface area contributed by atoms with E-state index in [9.17, 15) is 14.4 Å². The lowest BCUT2D eigenvalue weighted by molar-refractivity contribution is -0.125. The number of rotatable bonds is 6. The van der Waals surface area contributed by atoms with Gasteiger partial charge >= 0.3 is 0 Å². The number of benzene rings is 3. The minimum absolute atomic E-state index is 0.155. The molecule has 0 saturated carbocycles. The molecule has 2 heterocycles. The Balaban J connectivity index is 1.41. The van der Waals surface area contributed by atoms with E-state index in [0.717, 1.165) is 21.4 Å². The van der Waals surface area contributed by atoms with E-state index in [4.69, 9.17) is 4.42 Å². The highest BCUT2D eigenvalue weighted by Crippen LogP contribution is 2.26. The van der Waals surface area contributed by atoms with Crippen LogP contribution in [0.15, 0.2) is 89.3 Å². The first-order valence-electron chi connectivity index (χ1n) is 10.4. The molecule has 0 spiro atoms. The average Bonchev–Trinajstić information content (AvgIpc) is 3.35. The molecular formula is C26H20N2O4. The van der Waals surface area contributed by atoms with Crippen molar-refractivity contribution in [2.24, 2.45) is 0 Å². The van der Waals surface area contributed by atoms with Gasteiger partial charge in [0.05, 0.1) is 17.7 Å². The van der Waals surface area contributed by atoms with Crippen LogP contribution in [0.3, 0.4) is 0 Å². The number of nitrogens with zero attached hydrogens (tertiary/aromatic N) is 1. The highest BCUT2D eigenvalue weighted by Gasteiger charge is 2.42. The lowest BCUT2D eigenvalue weighted by Gasteiger charge is -2.25. The van der Waals surface area contributed by atoms with Gasteiger partial charge in [0.2, 0.25) is 5.91 Å². The van der Waals surface area contributed by atoms with Gasteiger partial charge < -0.3 is 9.73 Å². The second-order valence-electron chi connectivity index (χ2n) is 7.70. The van der Waals surface area contributed by atoms with Crippen LogP contribution in [0.4, 0.5) is 0 Å². The highest BCUT2D eigenvalue weighted by molar-refractivity contribution is 6.22. The number of amides is 3. The molecule has 0 aliphatic carbocycles. The zero-order valence-electron chi connectivity index (χ0n) is 17.2. The summed E-state index contributed by atoms with van der Waals surface area (Å²) in [4.78, 5) is 40.4. The number of nitrogens with one attached hydrogen (secondary N) is 1. The fourth-order valence-corrected chi connectivity index (χ4v) is 4.05. The molecule has 0 saturated heterocycles. The van der Waals surface area contributed by atoms with Crippen molar-refractivity contribution in [2.45, 2.75) is 19.0 Å². The van der Waals surface area contributed by atoms with Crippen LogP contribution in [0.2, 0.25) is 0 Å². The SMILES string of the molecule is O=C(NCc1cc2ccccc2o1)C(Cc1ccccc1)N1C(=O)c2ccccc2C1=O. The van der Waals surface area contributed by atoms with Crippen LogP contribution in [-0.2, 0) is 17.8 Å². The molecule has 0 fully saturated rings. The van der Waals surface area contributed by atoms with Crippen molar-refractivity contribution in [3.8, 4) is 0 Å². The molecule has 3 amide bonds. The number of hydrogen-bond donors (Lipinski definition) is 1. The summed E-state index contributed by atoms with van der Waals surface area (Å²) in [5.41, 5.74) is 2.23. The Kier molecular flexibility index (Phi) is 5.03. The molecule has 1 N–H and O–H groups in total. The molecule has 0 radical (unpaired) electrons. The monoisotopic (exact) mass is 424 g/mol. The van der Waals surface area contributed by atoms with Crippen LogP contribution in [0.25, 0.3) is 11.0 Å². The maximum atomic E-state index is 13.3. The third-order valence-corrected chi connectivity index (χ3v) is 5.63. The summed E-state index contributed by atoms with van der Waals surface area (Å²) in [6.07, 6.45) is 0.221. The van der Waals surface area contributed by atoms with Gasteiger partial charge in [-0.25, -0.2) is 0 Å². The first-order chi connectivity index (χ1) is 15.6. The smallest absolute Gasteiger partial charge is 0.262 e. The number of carbonyl (C=O) groups excluding carboxylic acids is 3. The maximum absolute atomic E-state index is 13.3. The summed E-state index contributed by atoms with van der Waals surface area (Å²) in [7, 11) is 0. The largest absolute Gasteiger partial charge is 0.459 e. The van der Waals surface area contributed by atoms with Crippen molar-refractivity contribution in [3.63, 3.8) is 0 Å². The van der Waals surface area contributed by atoms with Crippen LogP contribution in [0, 0.1) is 0 Å². The lowest BCUT2D eigenvalue weighted by atomic mass is 10.0. The number of fused-ring (bicyclic) bond motifs is 2. The Morgan fingerprint density at radius 1 is 0.844 bits per heavy atom. The fraction of sp³-hybridized carbons (Fsp3) is 0.115. The highest BCUT2D eigenvalue weighted by atomic mass is 16.3. The van der Waals surface area contributed by atoms with Crippen LogP contribution in [0.1, 0.15) is 32.0 Å². The molecule has 3 aromatic carbocycles. The lowest BCUT2D eigenvalue weighted by Crippen LogP contribution is -2.50. The summed E-state index contributed by atoms with van der Waals surface area (Å²) in [5, 5.41) is 3.79. The predicted molar refractivity (Wildman–Crippen MR) is 119 cm³/mol. The van der Waals surface area contributed by atoms with Crippen molar-refractivity contribution >= 4 is 28.7 Å². The Morgan fingerprint density at radius 2 is 1.47 bits per heavy atom. The van der Waals surface area contributed by atoms with Gasteiger partial charge in [0.25, 0.3) is 11.8 Å². The van der Waals surface area contributed by atoms with Gasteiger partial charge in [0, 0.05) is 11.8 Å². The average molecular weight is 424 g/mol. The third kappa shape index (κ3) is 3.56. The number of hydrogen-bond acceptors (Lipinski definition) is 4. The van der Waals surface area contributed by atoms with Crippen LogP contribution >= 0.6 is 0 Å². The molecule has 1 atom stereocenters. The van der Waals surface area contributed by atoms with E-state index in [0.29, 0.717) is 16.9 Å². The summed E-state index contributed by atoms with van der Waals surface area (Å²) in [5.74, 6) is -0.722. The molecule has 1 aromatic heterocycles. The summed E-state index contributed by atoms with van der Waals surface area (Å²) < 4.78 is 5.77. The van der Waals surface area contributed by atoms with Gasteiger partial charge in [0.15, 0.2) is 0 Å². The zero-order chi connectivity index (χ0) is 22.1. The van der Waals surface area contributed by atoms with E-state index in [2.05, 4.69) is 5.32 Å². The van der Waals surface area contributed by atoms with Crippen molar-refractivity contribution in [1.29, 1.82) is 0 Å². The molecular weight excluding hydrogens is 404 g/mol. The van der Waals surface area contributed by atoms with Gasteiger partial charge in [0.1, 0.15) is 17.4 Å². The molecule has 1 unspecified atom stereocenters. The topological polar surface area (TPSA) is 79.6 Å².